The number of rotatable bonds is 5. The number of imide groups is 1. The van der Waals surface area contributed by atoms with E-state index in [4.69, 9.17) is 4.74 Å². The quantitative estimate of drug-likeness (QED) is 0.649. The molecule has 1 aliphatic carbocycles. The van der Waals surface area contributed by atoms with Crippen LogP contribution in [0.5, 0.6) is 5.75 Å². The van der Waals surface area contributed by atoms with Gasteiger partial charge in [-0.2, -0.15) is 0 Å². The average molecular weight is 492 g/mol. The molecule has 0 spiro atoms. The second-order valence-corrected chi connectivity index (χ2v) is 10.4. The van der Waals surface area contributed by atoms with E-state index in [0.29, 0.717) is 30.5 Å². The summed E-state index contributed by atoms with van der Waals surface area (Å²) in [5, 5.41) is 2.34. The summed E-state index contributed by atoms with van der Waals surface area (Å²) in [6.07, 6.45) is 5.06. The molecular weight excluding hydrogens is 461 g/mol. The number of fused-ring (bicyclic) bond motifs is 1. The van der Waals surface area contributed by atoms with Crippen LogP contribution in [0, 0.1) is 5.82 Å². The summed E-state index contributed by atoms with van der Waals surface area (Å²) in [6, 6.07) is 12.1. The van der Waals surface area contributed by atoms with Crippen LogP contribution in [0.4, 0.5) is 4.39 Å². The molecule has 8 heteroatoms. The van der Waals surface area contributed by atoms with Crippen molar-refractivity contribution in [3.05, 3.63) is 65.0 Å². The molecule has 4 aliphatic rings. The third-order valence-electron chi connectivity index (χ3n) is 8.17. The van der Waals surface area contributed by atoms with E-state index in [1.807, 2.05) is 24.3 Å². The maximum Gasteiger partial charge on any atom is 0.255 e. The van der Waals surface area contributed by atoms with Gasteiger partial charge in [-0.15, -0.1) is 0 Å². The number of nitrogens with zero attached hydrogens (tertiary/aromatic N) is 2. The summed E-state index contributed by atoms with van der Waals surface area (Å²) in [5.41, 5.74) is 2.64. The van der Waals surface area contributed by atoms with Gasteiger partial charge in [0.15, 0.2) is 0 Å². The van der Waals surface area contributed by atoms with Crippen LogP contribution >= 0.6 is 0 Å². The number of halogens is 1. The van der Waals surface area contributed by atoms with Crippen LogP contribution in [0.3, 0.4) is 0 Å². The number of hydrogen-bond acceptors (Lipinski definition) is 5. The second kappa shape index (κ2) is 9.32. The highest BCUT2D eigenvalue weighted by atomic mass is 19.1. The largest absolute Gasteiger partial charge is 0.489 e. The molecule has 0 bridgehead atoms. The number of carbonyl (C=O) groups excluding carboxylic acids is 3. The van der Waals surface area contributed by atoms with Gasteiger partial charge in [0.2, 0.25) is 11.8 Å². The van der Waals surface area contributed by atoms with Crippen LogP contribution < -0.4 is 10.1 Å². The summed E-state index contributed by atoms with van der Waals surface area (Å²) in [6.45, 7) is 2.25. The van der Waals surface area contributed by atoms with E-state index in [0.717, 1.165) is 43.7 Å². The summed E-state index contributed by atoms with van der Waals surface area (Å²) in [5.74, 6) is 0.115. The molecule has 0 aromatic heterocycles. The van der Waals surface area contributed by atoms with E-state index in [1.54, 1.807) is 11.0 Å². The van der Waals surface area contributed by atoms with E-state index in [2.05, 4.69) is 10.2 Å². The van der Waals surface area contributed by atoms with Gasteiger partial charge in [-0.3, -0.25) is 24.6 Å². The summed E-state index contributed by atoms with van der Waals surface area (Å²) >= 11 is 0. The second-order valence-electron chi connectivity index (χ2n) is 10.4. The van der Waals surface area contributed by atoms with Gasteiger partial charge < -0.3 is 9.64 Å². The predicted octanol–water partition coefficient (Wildman–Crippen LogP) is 3.38. The lowest BCUT2D eigenvalue weighted by atomic mass is 9.84. The first-order valence-corrected chi connectivity index (χ1v) is 12.9. The van der Waals surface area contributed by atoms with Crippen LogP contribution in [-0.4, -0.2) is 58.8 Å². The molecule has 188 valence electrons. The smallest absolute Gasteiger partial charge is 0.255 e. The fourth-order valence-corrected chi connectivity index (χ4v) is 6.16. The fraction of sp³-hybridized carbons (Fsp3) is 0.464. The molecule has 2 aromatic rings. The van der Waals surface area contributed by atoms with E-state index >= 15 is 0 Å². The third-order valence-corrected chi connectivity index (χ3v) is 8.17. The van der Waals surface area contributed by atoms with Crippen LogP contribution in [0.2, 0.25) is 0 Å². The number of nitrogens with one attached hydrogen (secondary N) is 1. The number of amides is 3. The standard InChI is InChI=1S/C28H30FN3O4/c29-20-7-5-17(6-8-20)19-14-31(15-19)23-3-1-2-4-25(23)36-21-9-10-22-18(13-21)16-32(28(22)35)24-11-12-26(33)30-27(24)34/h5-10,13,19,23-25H,1-4,11-12,14-16H2,(H,30,33,34)/t23-,24-,25-/m0/s1. The Morgan fingerprint density at radius 1 is 0.944 bits per heavy atom. The molecule has 2 saturated heterocycles. The number of likely N-dealkylation sites (tertiary alicyclic amines) is 1. The van der Waals surface area contributed by atoms with E-state index in [1.165, 1.54) is 24.1 Å². The van der Waals surface area contributed by atoms with Gasteiger partial charge in [0.05, 0.1) is 0 Å². The first-order chi connectivity index (χ1) is 17.5. The molecule has 3 amide bonds. The molecule has 2 aromatic carbocycles. The Bertz CT molecular complexity index is 1190. The van der Waals surface area contributed by atoms with Gasteiger partial charge in [-0.05, 0) is 67.1 Å². The number of benzene rings is 2. The Morgan fingerprint density at radius 3 is 2.50 bits per heavy atom. The molecule has 1 saturated carbocycles. The topological polar surface area (TPSA) is 79.0 Å². The van der Waals surface area contributed by atoms with E-state index in [-0.39, 0.29) is 30.2 Å². The zero-order valence-corrected chi connectivity index (χ0v) is 20.1. The lowest BCUT2D eigenvalue weighted by Crippen LogP contribution is -2.57. The zero-order chi connectivity index (χ0) is 24.8. The Balaban J connectivity index is 1.11. The molecule has 1 N–H and O–H groups in total. The van der Waals surface area contributed by atoms with Crippen molar-refractivity contribution in [2.75, 3.05) is 13.1 Å². The minimum absolute atomic E-state index is 0.0781. The van der Waals surface area contributed by atoms with Crippen LogP contribution in [0.15, 0.2) is 42.5 Å². The molecule has 3 fully saturated rings. The summed E-state index contributed by atoms with van der Waals surface area (Å²) in [7, 11) is 0. The molecule has 0 unspecified atom stereocenters. The van der Waals surface area contributed by atoms with Gasteiger partial charge in [-0.1, -0.05) is 18.6 Å². The third kappa shape index (κ3) is 4.28. The van der Waals surface area contributed by atoms with Crippen molar-refractivity contribution < 1.29 is 23.5 Å². The normalized spacial score (nSPS) is 27.0. The van der Waals surface area contributed by atoms with Crippen molar-refractivity contribution >= 4 is 17.7 Å². The number of carbonyl (C=O) groups is 3. The molecule has 3 atom stereocenters. The fourth-order valence-electron chi connectivity index (χ4n) is 6.16. The highest BCUT2D eigenvalue weighted by Crippen LogP contribution is 2.36. The Morgan fingerprint density at radius 2 is 1.72 bits per heavy atom. The van der Waals surface area contributed by atoms with E-state index in [9.17, 15) is 18.8 Å². The summed E-state index contributed by atoms with van der Waals surface area (Å²) < 4.78 is 19.8. The Hall–Kier alpha value is -3.26. The van der Waals surface area contributed by atoms with Gasteiger partial charge in [0.1, 0.15) is 23.7 Å². The van der Waals surface area contributed by atoms with E-state index < -0.39 is 11.9 Å². The maximum absolute atomic E-state index is 13.3. The Kier molecular flexibility index (Phi) is 5.99. The first kappa shape index (κ1) is 23.2. The number of piperidine rings is 1. The van der Waals surface area contributed by atoms with Crippen molar-refractivity contribution in [2.24, 2.45) is 0 Å². The highest BCUT2D eigenvalue weighted by Gasteiger charge is 2.41. The SMILES string of the molecule is O=C1CC[C@H](N2Cc3cc(O[C@H]4CCCC[C@@H]4N4CC(c5ccc(F)cc5)C4)ccc3C2=O)C(=O)N1. The lowest BCUT2D eigenvalue weighted by Gasteiger charge is -2.48. The minimum atomic E-state index is -0.616. The van der Waals surface area contributed by atoms with Crippen LogP contribution in [0.25, 0.3) is 0 Å². The molecular formula is C28H30FN3O4. The predicted molar refractivity (Wildman–Crippen MR) is 130 cm³/mol. The molecule has 0 radical (unpaired) electrons. The van der Waals surface area contributed by atoms with Crippen molar-refractivity contribution in [1.82, 2.24) is 15.1 Å². The van der Waals surface area contributed by atoms with Gasteiger partial charge in [0, 0.05) is 43.6 Å². The molecule has 3 heterocycles. The van der Waals surface area contributed by atoms with Crippen molar-refractivity contribution in [2.45, 2.75) is 69.2 Å². The van der Waals surface area contributed by atoms with Crippen LogP contribution in [0.1, 0.15) is 65.9 Å². The zero-order valence-electron chi connectivity index (χ0n) is 20.1. The lowest BCUT2D eigenvalue weighted by molar-refractivity contribution is -0.136. The highest BCUT2D eigenvalue weighted by molar-refractivity contribution is 6.05. The molecule has 7 nitrogen and oxygen atoms in total. The van der Waals surface area contributed by atoms with Gasteiger partial charge >= 0.3 is 0 Å². The number of ether oxygens (including phenoxy) is 1. The molecule has 6 rings (SSSR count). The first-order valence-electron chi connectivity index (χ1n) is 12.9. The molecule has 36 heavy (non-hydrogen) atoms. The minimum Gasteiger partial charge on any atom is -0.489 e. The van der Waals surface area contributed by atoms with Crippen molar-refractivity contribution in [3.63, 3.8) is 0 Å². The monoisotopic (exact) mass is 491 g/mol. The van der Waals surface area contributed by atoms with Crippen molar-refractivity contribution in [1.29, 1.82) is 0 Å². The number of hydrogen-bond donors (Lipinski definition) is 1. The molecule has 3 aliphatic heterocycles. The summed E-state index contributed by atoms with van der Waals surface area (Å²) in [4.78, 5) is 40.8. The average Bonchev–Trinajstić information content (AvgIpc) is 3.16. The Labute approximate surface area is 209 Å². The van der Waals surface area contributed by atoms with Crippen LogP contribution in [-0.2, 0) is 16.1 Å². The van der Waals surface area contributed by atoms with Gasteiger partial charge in [-0.25, -0.2) is 4.39 Å². The van der Waals surface area contributed by atoms with Crippen molar-refractivity contribution in [3.8, 4) is 5.75 Å². The maximum atomic E-state index is 13.3. The van der Waals surface area contributed by atoms with Gasteiger partial charge in [0.25, 0.3) is 5.91 Å².